The molecule has 0 bridgehead atoms. The maximum Gasteiger partial charge on any atom is 0.305 e. The van der Waals surface area contributed by atoms with Gasteiger partial charge in [-0.15, -0.1) is 5.10 Å². The molecule has 0 fully saturated rings. The molecular formula is C12H16N4O3. The normalized spacial score (nSPS) is 12.5. The Hall–Kier alpha value is -2.18. The van der Waals surface area contributed by atoms with E-state index in [9.17, 15) is 4.79 Å². The van der Waals surface area contributed by atoms with Crippen molar-refractivity contribution in [2.45, 2.75) is 39.2 Å². The van der Waals surface area contributed by atoms with E-state index in [0.29, 0.717) is 12.2 Å². The second-order valence-electron chi connectivity index (χ2n) is 4.22. The fourth-order valence-electron chi connectivity index (χ4n) is 2.04. The zero-order chi connectivity index (χ0) is 13.8. The molecule has 0 radical (unpaired) electrons. The summed E-state index contributed by atoms with van der Waals surface area (Å²) < 4.78 is 6.93. The van der Waals surface area contributed by atoms with E-state index in [2.05, 4.69) is 15.5 Å². The Morgan fingerprint density at radius 3 is 2.95 bits per heavy atom. The number of hydrogen-bond donors (Lipinski definition) is 1. The van der Waals surface area contributed by atoms with Crippen LogP contribution in [0.3, 0.4) is 0 Å². The highest BCUT2D eigenvalue weighted by Crippen LogP contribution is 2.26. The number of furan rings is 1. The number of hydrogen-bond acceptors (Lipinski definition) is 5. The second-order valence-corrected chi connectivity index (χ2v) is 4.22. The number of carbonyl (C=O) groups is 1. The largest absolute Gasteiger partial charge is 0.481 e. The van der Waals surface area contributed by atoms with Crippen molar-refractivity contribution < 1.29 is 14.3 Å². The number of aromatic nitrogens is 4. The number of nitrogens with zero attached hydrogens (tertiary/aromatic N) is 4. The summed E-state index contributed by atoms with van der Waals surface area (Å²) in [7, 11) is 0. The SMILES string of the molecule is CCc1occc1-c1nnnn1C(CC)CC(=O)O. The third-order valence-corrected chi connectivity index (χ3v) is 3.03. The fourth-order valence-corrected chi connectivity index (χ4v) is 2.04. The molecule has 2 aromatic rings. The molecule has 0 aromatic carbocycles. The van der Waals surface area contributed by atoms with Crippen LogP contribution < -0.4 is 0 Å². The van der Waals surface area contributed by atoms with Gasteiger partial charge in [0.05, 0.1) is 24.3 Å². The summed E-state index contributed by atoms with van der Waals surface area (Å²) in [5.41, 5.74) is 0.816. The van der Waals surface area contributed by atoms with Crippen LogP contribution in [0.4, 0.5) is 0 Å². The van der Waals surface area contributed by atoms with Crippen molar-refractivity contribution in [2.24, 2.45) is 0 Å². The minimum Gasteiger partial charge on any atom is -0.481 e. The van der Waals surface area contributed by atoms with Gasteiger partial charge in [0.1, 0.15) is 5.76 Å². The van der Waals surface area contributed by atoms with Crippen LogP contribution in [0.15, 0.2) is 16.7 Å². The fraction of sp³-hybridized carbons (Fsp3) is 0.500. The van der Waals surface area contributed by atoms with E-state index < -0.39 is 5.97 Å². The first-order valence-electron chi connectivity index (χ1n) is 6.23. The van der Waals surface area contributed by atoms with Crippen LogP contribution in [0.2, 0.25) is 0 Å². The molecule has 2 aromatic heterocycles. The highest BCUT2D eigenvalue weighted by atomic mass is 16.4. The van der Waals surface area contributed by atoms with Crippen LogP contribution in [0.5, 0.6) is 0 Å². The van der Waals surface area contributed by atoms with Gasteiger partial charge in [-0.05, 0) is 22.9 Å². The Labute approximate surface area is 110 Å². The van der Waals surface area contributed by atoms with Crippen LogP contribution in [0.1, 0.15) is 38.5 Å². The van der Waals surface area contributed by atoms with Gasteiger partial charge in [-0.1, -0.05) is 13.8 Å². The second kappa shape index (κ2) is 5.64. The molecule has 0 spiro atoms. The molecule has 0 aliphatic carbocycles. The van der Waals surface area contributed by atoms with Gasteiger partial charge in [-0.2, -0.15) is 0 Å². The molecule has 0 saturated carbocycles. The van der Waals surface area contributed by atoms with Crippen molar-refractivity contribution in [2.75, 3.05) is 0 Å². The molecule has 1 atom stereocenters. The number of aryl methyl sites for hydroxylation is 1. The molecule has 2 heterocycles. The molecule has 0 aliphatic rings. The number of carboxylic acid groups (broad SMARTS) is 1. The van der Waals surface area contributed by atoms with Crippen LogP contribution in [0.25, 0.3) is 11.4 Å². The molecule has 7 nitrogen and oxygen atoms in total. The standard InChI is InChI=1S/C12H16N4O3/c1-3-8(7-11(17)18)16-12(13-14-15-16)9-5-6-19-10(9)4-2/h5-6,8H,3-4,7H2,1-2H3,(H,17,18). The topological polar surface area (TPSA) is 94.0 Å². The first-order valence-corrected chi connectivity index (χ1v) is 6.23. The van der Waals surface area contributed by atoms with Gasteiger partial charge in [0.15, 0.2) is 5.82 Å². The van der Waals surface area contributed by atoms with Crippen molar-refractivity contribution >= 4 is 5.97 Å². The van der Waals surface area contributed by atoms with Gasteiger partial charge in [0, 0.05) is 6.42 Å². The van der Waals surface area contributed by atoms with Gasteiger partial charge in [-0.3, -0.25) is 4.79 Å². The molecule has 1 unspecified atom stereocenters. The predicted molar refractivity (Wildman–Crippen MR) is 66.5 cm³/mol. The third kappa shape index (κ3) is 2.64. The Bertz CT molecular complexity index is 561. The van der Waals surface area contributed by atoms with Crippen LogP contribution >= 0.6 is 0 Å². The summed E-state index contributed by atoms with van der Waals surface area (Å²) in [6.45, 7) is 3.89. The average Bonchev–Trinajstić information content (AvgIpc) is 3.02. The Balaban J connectivity index is 2.38. The molecule has 2 rings (SSSR count). The molecule has 0 amide bonds. The summed E-state index contributed by atoms with van der Waals surface area (Å²) in [6, 6.07) is 1.54. The van der Waals surface area contributed by atoms with Crippen molar-refractivity contribution in [3.63, 3.8) is 0 Å². The van der Waals surface area contributed by atoms with E-state index in [1.165, 1.54) is 0 Å². The molecular weight excluding hydrogens is 248 g/mol. The van der Waals surface area contributed by atoms with Gasteiger partial charge in [0.25, 0.3) is 0 Å². The average molecular weight is 264 g/mol. The first kappa shape index (κ1) is 13.3. The number of tetrazole rings is 1. The van der Waals surface area contributed by atoms with E-state index in [0.717, 1.165) is 17.7 Å². The van der Waals surface area contributed by atoms with E-state index in [1.54, 1.807) is 17.0 Å². The molecule has 7 heteroatoms. The Morgan fingerprint density at radius 2 is 2.32 bits per heavy atom. The summed E-state index contributed by atoms with van der Waals surface area (Å²) >= 11 is 0. The number of rotatable bonds is 6. The maximum atomic E-state index is 10.9. The molecule has 0 aliphatic heterocycles. The Morgan fingerprint density at radius 1 is 1.53 bits per heavy atom. The van der Waals surface area contributed by atoms with Crippen molar-refractivity contribution in [3.8, 4) is 11.4 Å². The van der Waals surface area contributed by atoms with Crippen LogP contribution in [-0.2, 0) is 11.2 Å². The van der Waals surface area contributed by atoms with Crippen LogP contribution in [0, 0.1) is 0 Å². The minimum absolute atomic E-state index is 0.00610. The lowest BCUT2D eigenvalue weighted by Gasteiger charge is -2.13. The molecule has 1 N–H and O–H groups in total. The highest BCUT2D eigenvalue weighted by molar-refractivity contribution is 5.67. The van der Waals surface area contributed by atoms with E-state index in [-0.39, 0.29) is 12.5 Å². The number of carboxylic acids is 1. The zero-order valence-corrected chi connectivity index (χ0v) is 10.9. The quantitative estimate of drug-likeness (QED) is 0.856. The Kier molecular flexibility index (Phi) is 3.94. The maximum absolute atomic E-state index is 10.9. The van der Waals surface area contributed by atoms with Gasteiger partial charge in [-0.25, -0.2) is 4.68 Å². The monoisotopic (exact) mass is 264 g/mol. The number of aliphatic carboxylic acids is 1. The highest BCUT2D eigenvalue weighted by Gasteiger charge is 2.22. The summed E-state index contributed by atoms with van der Waals surface area (Å²) in [4.78, 5) is 10.9. The van der Waals surface area contributed by atoms with E-state index in [1.807, 2.05) is 13.8 Å². The predicted octanol–water partition coefficient (Wildman–Crippen LogP) is 1.92. The van der Waals surface area contributed by atoms with Crippen molar-refractivity contribution in [1.82, 2.24) is 20.2 Å². The van der Waals surface area contributed by atoms with Gasteiger partial charge < -0.3 is 9.52 Å². The minimum atomic E-state index is -0.865. The van der Waals surface area contributed by atoms with E-state index >= 15 is 0 Å². The summed E-state index contributed by atoms with van der Waals surface area (Å²) in [6.07, 6.45) is 2.95. The smallest absolute Gasteiger partial charge is 0.305 e. The third-order valence-electron chi connectivity index (χ3n) is 3.03. The van der Waals surface area contributed by atoms with Crippen molar-refractivity contribution in [1.29, 1.82) is 0 Å². The summed E-state index contributed by atoms with van der Waals surface area (Å²) in [5, 5.41) is 20.5. The lowest BCUT2D eigenvalue weighted by molar-refractivity contribution is -0.138. The zero-order valence-electron chi connectivity index (χ0n) is 10.9. The van der Waals surface area contributed by atoms with Gasteiger partial charge >= 0.3 is 5.97 Å². The summed E-state index contributed by atoms with van der Waals surface area (Å²) in [5.74, 6) is 0.483. The van der Waals surface area contributed by atoms with E-state index in [4.69, 9.17) is 9.52 Å². The molecule has 19 heavy (non-hydrogen) atoms. The molecule has 102 valence electrons. The van der Waals surface area contributed by atoms with Crippen LogP contribution in [-0.4, -0.2) is 31.3 Å². The van der Waals surface area contributed by atoms with Gasteiger partial charge in [0.2, 0.25) is 0 Å². The molecule has 0 saturated heterocycles. The van der Waals surface area contributed by atoms with Crippen molar-refractivity contribution in [3.05, 3.63) is 18.1 Å². The first-order chi connectivity index (χ1) is 9.17. The lowest BCUT2D eigenvalue weighted by Crippen LogP contribution is -2.15. The lowest BCUT2D eigenvalue weighted by atomic mass is 10.1.